The zero-order valence-corrected chi connectivity index (χ0v) is 10.3. The van der Waals surface area contributed by atoms with E-state index in [1.54, 1.807) is 0 Å². The van der Waals surface area contributed by atoms with Crippen LogP contribution in [0.4, 0.5) is 0 Å². The highest BCUT2D eigenvalue weighted by Crippen LogP contribution is 2.71. The van der Waals surface area contributed by atoms with Crippen molar-refractivity contribution in [1.82, 2.24) is 0 Å². The van der Waals surface area contributed by atoms with E-state index in [9.17, 15) is 5.11 Å². The molecule has 1 fully saturated rings. The molecule has 0 radical (unpaired) electrons. The fourth-order valence-electron chi connectivity index (χ4n) is 3.28. The Labute approximate surface area is 97.5 Å². The third-order valence-corrected chi connectivity index (χ3v) is 4.37. The SMILES string of the molecule is CC(C)Cc1ccc2c(c1)C(O)C1(C)CC21. The second-order valence-corrected chi connectivity index (χ2v) is 6.23. The van der Waals surface area contributed by atoms with Crippen LogP contribution in [0.3, 0.4) is 0 Å². The van der Waals surface area contributed by atoms with E-state index in [1.165, 1.54) is 23.1 Å². The monoisotopic (exact) mass is 216 g/mol. The molecule has 1 nitrogen and oxygen atoms in total. The Hall–Kier alpha value is -0.820. The summed E-state index contributed by atoms with van der Waals surface area (Å²) in [7, 11) is 0. The number of rotatable bonds is 2. The summed E-state index contributed by atoms with van der Waals surface area (Å²) >= 11 is 0. The van der Waals surface area contributed by atoms with E-state index in [0.29, 0.717) is 11.8 Å². The van der Waals surface area contributed by atoms with Crippen molar-refractivity contribution >= 4 is 0 Å². The zero-order chi connectivity index (χ0) is 11.5. The molecule has 0 bridgehead atoms. The lowest BCUT2D eigenvalue weighted by Crippen LogP contribution is -2.06. The first-order chi connectivity index (χ1) is 7.52. The van der Waals surface area contributed by atoms with Crippen LogP contribution in [0, 0.1) is 11.3 Å². The maximum Gasteiger partial charge on any atom is 0.0852 e. The van der Waals surface area contributed by atoms with Crippen molar-refractivity contribution in [3.05, 3.63) is 34.9 Å². The fourth-order valence-corrected chi connectivity index (χ4v) is 3.28. The molecular weight excluding hydrogens is 196 g/mol. The predicted molar refractivity (Wildman–Crippen MR) is 65.4 cm³/mol. The highest BCUT2D eigenvalue weighted by molar-refractivity contribution is 5.48. The van der Waals surface area contributed by atoms with Gasteiger partial charge in [-0.1, -0.05) is 39.0 Å². The van der Waals surface area contributed by atoms with Crippen molar-refractivity contribution < 1.29 is 5.11 Å². The van der Waals surface area contributed by atoms with Gasteiger partial charge in [0.2, 0.25) is 0 Å². The van der Waals surface area contributed by atoms with Crippen LogP contribution in [0.15, 0.2) is 18.2 Å². The summed E-state index contributed by atoms with van der Waals surface area (Å²) in [5.74, 6) is 1.31. The molecule has 3 unspecified atom stereocenters. The van der Waals surface area contributed by atoms with Gasteiger partial charge in [0.1, 0.15) is 0 Å². The number of fused-ring (bicyclic) bond motifs is 3. The molecule has 3 rings (SSSR count). The zero-order valence-electron chi connectivity index (χ0n) is 10.3. The molecule has 0 saturated heterocycles. The molecule has 1 aromatic carbocycles. The molecule has 0 heterocycles. The Morgan fingerprint density at radius 3 is 2.81 bits per heavy atom. The molecule has 86 valence electrons. The van der Waals surface area contributed by atoms with E-state index in [2.05, 4.69) is 39.0 Å². The van der Waals surface area contributed by atoms with E-state index in [0.717, 1.165) is 6.42 Å². The van der Waals surface area contributed by atoms with E-state index >= 15 is 0 Å². The topological polar surface area (TPSA) is 20.2 Å². The van der Waals surface area contributed by atoms with Crippen molar-refractivity contribution in [2.24, 2.45) is 11.3 Å². The number of benzene rings is 1. The number of hydrogen-bond acceptors (Lipinski definition) is 1. The van der Waals surface area contributed by atoms with Crippen LogP contribution in [0.2, 0.25) is 0 Å². The van der Waals surface area contributed by atoms with Gasteiger partial charge in [-0.2, -0.15) is 0 Å². The van der Waals surface area contributed by atoms with Gasteiger partial charge in [0, 0.05) is 5.41 Å². The summed E-state index contributed by atoms with van der Waals surface area (Å²) in [5, 5.41) is 10.3. The van der Waals surface area contributed by atoms with Gasteiger partial charge in [0.15, 0.2) is 0 Å². The Bertz CT molecular complexity index is 435. The lowest BCUT2D eigenvalue weighted by molar-refractivity contribution is 0.110. The molecule has 0 amide bonds. The summed E-state index contributed by atoms with van der Waals surface area (Å²) in [5.41, 5.74) is 4.15. The second kappa shape index (κ2) is 3.10. The van der Waals surface area contributed by atoms with Crippen LogP contribution >= 0.6 is 0 Å². The quantitative estimate of drug-likeness (QED) is 0.803. The molecule has 1 aromatic rings. The van der Waals surface area contributed by atoms with Crippen LogP contribution in [0.1, 0.15) is 55.9 Å². The van der Waals surface area contributed by atoms with Gasteiger partial charge in [-0.3, -0.25) is 0 Å². The van der Waals surface area contributed by atoms with Gasteiger partial charge in [-0.25, -0.2) is 0 Å². The molecule has 2 aliphatic carbocycles. The van der Waals surface area contributed by atoms with E-state index in [-0.39, 0.29) is 11.5 Å². The third kappa shape index (κ3) is 1.27. The average Bonchev–Trinajstić information content (AvgIpc) is 2.85. The fraction of sp³-hybridized carbons (Fsp3) is 0.600. The number of aliphatic hydroxyl groups excluding tert-OH is 1. The minimum Gasteiger partial charge on any atom is -0.388 e. The molecule has 0 aliphatic heterocycles. The van der Waals surface area contributed by atoms with Crippen molar-refractivity contribution in [3.63, 3.8) is 0 Å². The van der Waals surface area contributed by atoms with Gasteiger partial charge in [0.05, 0.1) is 6.10 Å². The Morgan fingerprint density at radius 2 is 2.12 bits per heavy atom. The van der Waals surface area contributed by atoms with Crippen LogP contribution in [0.25, 0.3) is 0 Å². The molecule has 1 heteroatoms. The minimum atomic E-state index is -0.223. The molecule has 0 aromatic heterocycles. The number of hydrogen-bond donors (Lipinski definition) is 1. The van der Waals surface area contributed by atoms with Crippen LogP contribution in [-0.2, 0) is 6.42 Å². The first kappa shape index (κ1) is 10.3. The normalized spacial score (nSPS) is 35.1. The van der Waals surface area contributed by atoms with Gasteiger partial charge in [0.25, 0.3) is 0 Å². The highest BCUT2D eigenvalue weighted by Gasteiger charge is 2.61. The first-order valence-corrected chi connectivity index (χ1v) is 6.33. The summed E-state index contributed by atoms with van der Waals surface area (Å²) < 4.78 is 0. The van der Waals surface area contributed by atoms with Crippen molar-refractivity contribution in [2.75, 3.05) is 0 Å². The maximum absolute atomic E-state index is 10.3. The summed E-state index contributed by atoms with van der Waals surface area (Å²) in [4.78, 5) is 0. The Morgan fingerprint density at radius 1 is 1.38 bits per heavy atom. The van der Waals surface area contributed by atoms with Gasteiger partial charge < -0.3 is 5.11 Å². The summed E-state index contributed by atoms with van der Waals surface area (Å²) in [6, 6.07) is 6.73. The van der Waals surface area contributed by atoms with Crippen molar-refractivity contribution in [1.29, 1.82) is 0 Å². The third-order valence-electron chi connectivity index (χ3n) is 4.37. The minimum absolute atomic E-state index is 0.165. The lowest BCUT2D eigenvalue weighted by atomic mass is 9.95. The summed E-state index contributed by atoms with van der Waals surface area (Å²) in [6.45, 7) is 6.69. The predicted octanol–water partition coefficient (Wildman–Crippen LogP) is 3.43. The number of aliphatic hydroxyl groups is 1. The molecule has 3 atom stereocenters. The molecule has 1 N–H and O–H groups in total. The largest absolute Gasteiger partial charge is 0.388 e. The van der Waals surface area contributed by atoms with Gasteiger partial charge in [-0.05, 0) is 41.4 Å². The summed E-state index contributed by atoms with van der Waals surface area (Å²) in [6.07, 6.45) is 2.06. The van der Waals surface area contributed by atoms with E-state index in [4.69, 9.17) is 0 Å². The molecule has 1 saturated carbocycles. The molecule has 16 heavy (non-hydrogen) atoms. The van der Waals surface area contributed by atoms with Crippen molar-refractivity contribution in [3.8, 4) is 0 Å². The molecule has 0 spiro atoms. The lowest BCUT2D eigenvalue weighted by Gasteiger charge is -2.15. The van der Waals surface area contributed by atoms with Crippen LogP contribution in [-0.4, -0.2) is 5.11 Å². The second-order valence-electron chi connectivity index (χ2n) is 6.23. The van der Waals surface area contributed by atoms with Crippen LogP contribution < -0.4 is 0 Å². The molecule has 2 aliphatic rings. The Balaban J connectivity index is 1.96. The Kier molecular flexibility index (Phi) is 2.00. The van der Waals surface area contributed by atoms with Crippen molar-refractivity contribution in [2.45, 2.75) is 45.6 Å². The highest BCUT2D eigenvalue weighted by atomic mass is 16.3. The van der Waals surface area contributed by atoms with Crippen LogP contribution in [0.5, 0.6) is 0 Å². The van der Waals surface area contributed by atoms with E-state index < -0.39 is 0 Å². The molecular formula is C15H20O. The van der Waals surface area contributed by atoms with Gasteiger partial charge >= 0.3 is 0 Å². The average molecular weight is 216 g/mol. The standard InChI is InChI=1S/C15H20O/c1-9(2)6-10-4-5-11-12(7-10)14(16)15(3)8-13(11)15/h4-5,7,9,13-14,16H,6,8H2,1-3H3. The van der Waals surface area contributed by atoms with Gasteiger partial charge in [-0.15, -0.1) is 0 Å². The van der Waals surface area contributed by atoms with E-state index in [1.807, 2.05) is 0 Å². The smallest absolute Gasteiger partial charge is 0.0852 e. The maximum atomic E-state index is 10.3. The first-order valence-electron chi connectivity index (χ1n) is 6.33.